The average Bonchev–Trinajstić information content (AvgIpc) is 2.19. The van der Waals surface area contributed by atoms with Gasteiger partial charge in [0, 0.05) is 12.3 Å². The number of rotatable bonds is 3. The number of halogens is 1. The molecule has 0 radical (unpaired) electrons. The Balaban J connectivity index is 3.06. The van der Waals surface area contributed by atoms with Crippen molar-refractivity contribution in [2.24, 2.45) is 0 Å². The van der Waals surface area contributed by atoms with E-state index in [4.69, 9.17) is 0 Å². The fourth-order valence-corrected chi connectivity index (χ4v) is 1.38. The summed E-state index contributed by atoms with van der Waals surface area (Å²) >= 11 is 7.28. The van der Waals surface area contributed by atoms with E-state index in [1.165, 1.54) is 10.9 Å². The second kappa shape index (κ2) is 4.79. The Morgan fingerprint density at radius 3 is 3.00 bits per heavy atom. The van der Waals surface area contributed by atoms with Crippen molar-refractivity contribution in [3.05, 3.63) is 39.0 Å². The minimum absolute atomic E-state index is 0.0829. The van der Waals surface area contributed by atoms with Gasteiger partial charge in [-0.15, -0.1) is 0 Å². The maximum atomic E-state index is 11.7. The number of hydrogen-bond acceptors (Lipinski definition) is 3. The van der Waals surface area contributed by atoms with Gasteiger partial charge in [-0.3, -0.25) is 9.36 Å². The van der Waals surface area contributed by atoms with Gasteiger partial charge in [-0.25, -0.2) is 4.98 Å². The van der Waals surface area contributed by atoms with Crippen LogP contribution >= 0.6 is 28.6 Å². The molecule has 0 fully saturated rings. The normalized spacial score (nSPS) is 10.2. The molecule has 0 aromatic carbocycles. The zero-order chi connectivity index (χ0) is 10.7. The predicted molar refractivity (Wildman–Crippen MR) is 63.9 cm³/mol. The maximum Gasteiger partial charge on any atom is 0.268 e. The Morgan fingerprint density at radius 2 is 2.43 bits per heavy atom. The number of hydrogen-bond donors (Lipinski definition) is 1. The van der Waals surface area contributed by atoms with Gasteiger partial charge >= 0.3 is 0 Å². The van der Waals surface area contributed by atoms with E-state index in [1.54, 1.807) is 6.92 Å². The number of thiol groups is 1. The van der Waals surface area contributed by atoms with E-state index in [0.717, 1.165) is 5.57 Å². The Bertz CT molecular complexity index is 414. The number of aromatic nitrogens is 2. The van der Waals surface area contributed by atoms with E-state index < -0.39 is 0 Å². The molecule has 1 heterocycles. The Morgan fingerprint density at radius 1 is 1.79 bits per heavy atom. The third-order valence-electron chi connectivity index (χ3n) is 1.77. The number of nitrogens with zero attached hydrogens (tertiary/aromatic N) is 2. The summed E-state index contributed by atoms with van der Waals surface area (Å²) in [5, 5.41) is 0. The van der Waals surface area contributed by atoms with E-state index in [0.29, 0.717) is 22.5 Å². The summed E-state index contributed by atoms with van der Waals surface area (Å²) in [6.07, 6.45) is 1.52. The van der Waals surface area contributed by atoms with Crippen LogP contribution in [0.1, 0.15) is 5.69 Å². The lowest BCUT2D eigenvalue weighted by atomic mass is 10.3. The van der Waals surface area contributed by atoms with Crippen LogP contribution in [0.2, 0.25) is 0 Å². The smallest absolute Gasteiger partial charge is 0.268 e. The van der Waals surface area contributed by atoms with Crippen molar-refractivity contribution in [3.8, 4) is 0 Å². The predicted octanol–water partition coefficient (Wildman–Crippen LogP) is 1.80. The van der Waals surface area contributed by atoms with Crippen LogP contribution < -0.4 is 5.56 Å². The molecule has 1 aromatic rings. The fourth-order valence-electron chi connectivity index (χ4n) is 0.950. The summed E-state index contributed by atoms with van der Waals surface area (Å²) in [7, 11) is 0. The Kier molecular flexibility index (Phi) is 3.95. The highest BCUT2D eigenvalue weighted by Crippen LogP contribution is 2.07. The molecule has 0 amide bonds. The molecule has 0 saturated heterocycles. The minimum Gasteiger partial charge on any atom is -0.294 e. The van der Waals surface area contributed by atoms with Crippen LogP contribution in [0.4, 0.5) is 0 Å². The molecule has 0 unspecified atom stereocenters. The minimum atomic E-state index is -0.0829. The van der Waals surface area contributed by atoms with Crippen LogP contribution in [0.3, 0.4) is 0 Å². The Hall–Kier alpha value is -0.550. The highest BCUT2D eigenvalue weighted by molar-refractivity contribution is 9.10. The first-order chi connectivity index (χ1) is 6.56. The van der Waals surface area contributed by atoms with Gasteiger partial charge in [-0.05, 0) is 28.4 Å². The second-order valence-corrected chi connectivity index (χ2v) is 4.09. The largest absolute Gasteiger partial charge is 0.294 e. The van der Waals surface area contributed by atoms with E-state index in [1.807, 2.05) is 0 Å². The zero-order valence-electron chi connectivity index (χ0n) is 7.83. The Labute approximate surface area is 96.4 Å². The first kappa shape index (κ1) is 11.5. The molecule has 0 spiro atoms. The molecule has 3 nitrogen and oxygen atoms in total. The SMILES string of the molecule is C=C(CS)Cn1cnc(C)c(Br)c1=O. The summed E-state index contributed by atoms with van der Waals surface area (Å²) in [6.45, 7) is 6.03. The van der Waals surface area contributed by atoms with Gasteiger partial charge in [-0.2, -0.15) is 12.6 Å². The van der Waals surface area contributed by atoms with Gasteiger partial charge in [0.15, 0.2) is 0 Å². The van der Waals surface area contributed by atoms with E-state index in [9.17, 15) is 4.79 Å². The van der Waals surface area contributed by atoms with Crippen molar-refractivity contribution in [3.63, 3.8) is 0 Å². The van der Waals surface area contributed by atoms with Crippen molar-refractivity contribution in [2.75, 3.05) is 5.75 Å². The molecule has 0 aliphatic rings. The van der Waals surface area contributed by atoms with E-state index >= 15 is 0 Å². The molecule has 76 valence electrons. The van der Waals surface area contributed by atoms with Crippen molar-refractivity contribution in [2.45, 2.75) is 13.5 Å². The third-order valence-corrected chi connectivity index (χ3v) is 3.13. The molecule has 1 aromatic heterocycles. The van der Waals surface area contributed by atoms with Crippen molar-refractivity contribution in [1.82, 2.24) is 9.55 Å². The second-order valence-electron chi connectivity index (χ2n) is 2.99. The molecule has 0 atom stereocenters. The quantitative estimate of drug-likeness (QED) is 0.674. The maximum absolute atomic E-state index is 11.7. The molecule has 14 heavy (non-hydrogen) atoms. The molecule has 0 bridgehead atoms. The van der Waals surface area contributed by atoms with Crippen molar-refractivity contribution < 1.29 is 0 Å². The molecule has 0 aliphatic carbocycles. The van der Waals surface area contributed by atoms with Gasteiger partial charge in [0.05, 0.1) is 12.0 Å². The standard InChI is InChI=1S/C9H11BrN2OS/c1-6(4-14)3-12-5-11-7(2)8(10)9(12)13/h5,14H,1,3-4H2,2H3. The van der Waals surface area contributed by atoms with Crippen LogP contribution in [-0.2, 0) is 6.54 Å². The lowest BCUT2D eigenvalue weighted by Crippen LogP contribution is -2.23. The summed E-state index contributed by atoms with van der Waals surface area (Å²) < 4.78 is 2.02. The monoisotopic (exact) mass is 274 g/mol. The van der Waals surface area contributed by atoms with Gasteiger partial charge in [-0.1, -0.05) is 6.58 Å². The van der Waals surface area contributed by atoms with Crippen LogP contribution in [0.25, 0.3) is 0 Å². The fraction of sp³-hybridized carbons (Fsp3) is 0.333. The molecular formula is C9H11BrN2OS. The van der Waals surface area contributed by atoms with Crippen molar-refractivity contribution >= 4 is 28.6 Å². The highest BCUT2D eigenvalue weighted by atomic mass is 79.9. The van der Waals surface area contributed by atoms with Gasteiger partial charge in [0.1, 0.15) is 4.47 Å². The zero-order valence-corrected chi connectivity index (χ0v) is 10.3. The van der Waals surface area contributed by atoms with Crippen LogP contribution in [0.5, 0.6) is 0 Å². The molecular weight excluding hydrogens is 264 g/mol. The van der Waals surface area contributed by atoms with Crippen LogP contribution in [-0.4, -0.2) is 15.3 Å². The van der Waals surface area contributed by atoms with Crippen LogP contribution in [0.15, 0.2) is 27.7 Å². The summed E-state index contributed by atoms with van der Waals surface area (Å²) in [5.41, 5.74) is 1.50. The molecule has 0 N–H and O–H groups in total. The topological polar surface area (TPSA) is 34.9 Å². The number of aryl methyl sites for hydroxylation is 1. The highest BCUT2D eigenvalue weighted by Gasteiger charge is 2.05. The molecule has 5 heteroatoms. The summed E-state index contributed by atoms with van der Waals surface area (Å²) in [6, 6.07) is 0. The summed E-state index contributed by atoms with van der Waals surface area (Å²) in [5.74, 6) is 0.567. The summed E-state index contributed by atoms with van der Waals surface area (Å²) in [4.78, 5) is 15.7. The lowest BCUT2D eigenvalue weighted by molar-refractivity contribution is 0.717. The molecule has 0 aliphatic heterocycles. The first-order valence-electron chi connectivity index (χ1n) is 4.05. The molecule has 1 rings (SSSR count). The average molecular weight is 275 g/mol. The van der Waals surface area contributed by atoms with Gasteiger partial charge < -0.3 is 0 Å². The van der Waals surface area contributed by atoms with Crippen molar-refractivity contribution in [1.29, 1.82) is 0 Å². The molecule has 0 saturated carbocycles. The first-order valence-corrected chi connectivity index (χ1v) is 5.48. The van der Waals surface area contributed by atoms with E-state index in [2.05, 4.69) is 40.1 Å². The van der Waals surface area contributed by atoms with Gasteiger partial charge in [0.25, 0.3) is 5.56 Å². The van der Waals surface area contributed by atoms with Crippen LogP contribution in [0, 0.1) is 6.92 Å². The van der Waals surface area contributed by atoms with Gasteiger partial charge in [0.2, 0.25) is 0 Å². The lowest BCUT2D eigenvalue weighted by Gasteiger charge is -2.07. The third kappa shape index (κ3) is 2.48. The van der Waals surface area contributed by atoms with E-state index in [-0.39, 0.29) is 5.56 Å².